The number of benzene rings is 1. The van der Waals surface area contributed by atoms with Crippen molar-refractivity contribution in [1.29, 1.82) is 0 Å². The Bertz CT molecular complexity index is 511. The molecule has 0 aromatic heterocycles. The van der Waals surface area contributed by atoms with Crippen LogP contribution in [0.4, 0.5) is 5.69 Å². The molecule has 1 saturated heterocycles. The average molecular weight is 297 g/mol. The summed E-state index contributed by atoms with van der Waals surface area (Å²) in [4.78, 5) is 24.7. The van der Waals surface area contributed by atoms with Gasteiger partial charge < -0.3 is 4.90 Å². The van der Waals surface area contributed by atoms with Gasteiger partial charge in [-0.15, -0.1) is 0 Å². The number of likely N-dealkylation sites (tertiary alicyclic amines) is 1. The second-order valence-corrected chi connectivity index (χ2v) is 5.41. The van der Waals surface area contributed by atoms with Gasteiger partial charge in [0.15, 0.2) is 0 Å². The maximum absolute atomic E-state index is 12.5. The van der Waals surface area contributed by atoms with Gasteiger partial charge in [0.05, 0.1) is 4.92 Å². The monoisotopic (exact) mass is 296 g/mol. The van der Waals surface area contributed by atoms with E-state index in [1.807, 2.05) is 0 Å². The molecule has 1 amide bonds. The van der Waals surface area contributed by atoms with E-state index in [0.717, 1.165) is 25.7 Å². The third kappa shape index (κ3) is 3.48. The predicted molar refractivity (Wildman–Crippen MR) is 77.1 cm³/mol. The second kappa shape index (κ2) is 6.70. The van der Waals surface area contributed by atoms with Crippen molar-refractivity contribution in [3.05, 3.63) is 38.9 Å². The molecule has 1 aliphatic rings. The maximum atomic E-state index is 12.5. The highest BCUT2D eigenvalue weighted by Crippen LogP contribution is 2.25. The summed E-state index contributed by atoms with van der Waals surface area (Å²) in [5, 5.41) is 11.4. The van der Waals surface area contributed by atoms with Gasteiger partial charge in [-0.25, -0.2) is 0 Å². The summed E-state index contributed by atoms with van der Waals surface area (Å²) in [5.74, 6) is -0.291. The average Bonchev–Trinajstić information content (AvgIpc) is 2.37. The van der Waals surface area contributed by atoms with Gasteiger partial charge >= 0.3 is 0 Å². The van der Waals surface area contributed by atoms with Gasteiger partial charge in [-0.1, -0.05) is 30.9 Å². The largest absolute Gasteiger partial charge is 0.338 e. The molecule has 1 heterocycles. The standard InChI is InChI=1S/C14H17ClN2O3/c15-11-6-7-13(17(19)20)12(10-11)14(18)16-8-4-2-1-3-5-9-16/h6-7,10H,1-5,8-9H2. The molecule has 0 unspecified atom stereocenters. The first kappa shape index (κ1) is 14.8. The molecule has 0 bridgehead atoms. The van der Waals surface area contributed by atoms with Crippen LogP contribution in [0.3, 0.4) is 0 Å². The number of hydrogen-bond acceptors (Lipinski definition) is 3. The van der Waals surface area contributed by atoms with Crippen LogP contribution in [0, 0.1) is 10.1 Å². The van der Waals surface area contributed by atoms with Crippen LogP contribution in [0.5, 0.6) is 0 Å². The van der Waals surface area contributed by atoms with Crippen LogP contribution in [-0.2, 0) is 0 Å². The van der Waals surface area contributed by atoms with Crippen molar-refractivity contribution < 1.29 is 9.72 Å². The summed E-state index contributed by atoms with van der Waals surface area (Å²) in [6.45, 7) is 1.31. The van der Waals surface area contributed by atoms with Gasteiger partial charge in [0.25, 0.3) is 11.6 Å². The fourth-order valence-electron chi connectivity index (χ4n) is 2.46. The van der Waals surface area contributed by atoms with Gasteiger partial charge in [0, 0.05) is 24.2 Å². The zero-order valence-electron chi connectivity index (χ0n) is 11.2. The first-order valence-electron chi connectivity index (χ1n) is 6.83. The van der Waals surface area contributed by atoms with E-state index in [1.54, 1.807) is 4.90 Å². The highest BCUT2D eigenvalue weighted by Gasteiger charge is 2.25. The van der Waals surface area contributed by atoms with Crippen molar-refractivity contribution >= 4 is 23.2 Å². The lowest BCUT2D eigenvalue weighted by Crippen LogP contribution is -2.34. The van der Waals surface area contributed by atoms with Crippen molar-refractivity contribution in [2.24, 2.45) is 0 Å². The SMILES string of the molecule is O=C(c1cc(Cl)ccc1[N+](=O)[O-])N1CCCCCCC1. The van der Waals surface area contributed by atoms with Crippen LogP contribution >= 0.6 is 11.6 Å². The summed E-state index contributed by atoms with van der Waals surface area (Å²) in [6, 6.07) is 4.12. The minimum Gasteiger partial charge on any atom is -0.338 e. The Morgan fingerprint density at radius 2 is 1.75 bits per heavy atom. The highest BCUT2D eigenvalue weighted by atomic mass is 35.5. The molecule has 0 aliphatic carbocycles. The fourth-order valence-corrected chi connectivity index (χ4v) is 2.63. The Kier molecular flexibility index (Phi) is 4.95. The predicted octanol–water partition coefficient (Wildman–Crippen LogP) is 3.65. The Morgan fingerprint density at radius 3 is 2.35 bits per heavy atom. The van der Waals surface area contributed by atoms with E-state index in [9.17, 15) is 14.9 Å². The van der Waals surface area contributed by atoms with E-state index < -0.39 is 4.92 Å². The molecule has 1 aromatic carbocycles. The Morgan fingerprint density at radius 1 is 1.15 bits per heavy atom. The van der Waals surface area contributed by atoms with Gasteiger partial charge in [-0.3, -0.25) is 14.9 Å². The number of hydrogen-bond donors (Lipinski definition) is 0. The van der Waals surface area contributed by atoms with Gasteiger partial charge in [0.2, 0.25) is 0 Å². The van der Waals surface area contributed by atoms with Crippen LogP contribution in [0.25, 0.3) is 0 Å². The summed E-state index contributed by atoms with van der Waals surface area (Å²) in [6.07, 6.45) is 5.28. The summed E-state index contributed by atoms with van der Waals surface area (Å²) in [5.41, 5.74) is -0.0930. The molecule has 20 heavy (non-hydrogen) atoms. The first-order chi connectivity index (χ1) is 9.59. The third-order valence-corrected chi connectivity index (χ3v) is 3.76. The van der Waals surface area contributed by atoms with Crippen LogP contribution in [0.1, 0.15) is 42.5 Å². The number of carbonyl (C=O) groups excluding carboxylic acids is 1. The molecule has 5 nitrogen and oxygen atoms in total. The van der Waals surface area contributed by atoms with Gasteiger partial charge in [-0.2, -0.15) is 0 Å². The van der Waals surface area contributed by atoms with Crippen LogP contribution in [-0.4, -0.2) is 28.8 Å². The van der Waals surface area contributed by atoms with Crippen molar-refractivity contribution in [2.75, 3.05) is 13.1 Å². The molecule has 2 rings (SSSR count). The smallest absolute Gasteiger partial charge is 0.282 e. The maximum Gasteiger partial charge on any atom is 0.282 e. The lowest BCUT2D eigenvalue weighted by Gasteiger charge is -2.24. The number of rotatable bonds is 2. The topological polar surface area (TPSA) is 63.4 Å². The van der Waals surface area contributed by atoms with E-state index in [2.05, 4.69) is 0 Å². The molecule has 1 aromatic rings. The Balaban J connectivity index is 2.26. The third-order valence-electron chi connectivity index (χ3n) is 3.53. The van der Waals surface area contributed by atoms with Gasteiger partial charge in [-0.05, 0) is 25.0 Å². The molecule has 108 valence electrons. The molecule has 0 radical (unpaired) electrons. The summed E-state index contributed by atoms with van der Waals surface area (Å²) in [7, 11) is 0. The molecule has 0 atom stereocenters. The second-order valence-electron chi connectivity index (χ2n) is 4.98. The van der Waals surface area contributed by atoms with Crippen molar-refractivity contribution in [3.8, 4) is 0 Å². The van der Waals surface area contributed by atoms with Crippen LogP contribution in [0.15, 0.2) is 18.2 Å². The first-order valence-corrected chi connectivity index (χ1v) is 7.20. The number of halogens is 1. The molecule has 0 saturated carbocycles. The van der Waals surface area contributed by atoms with Crippen molar-refractivity contribution in [3.63, 3.8) is 0 Å². The minimum atomic E-state index is -0.534. The van der Waals surface area contributed by atoms with Crippen molar-refractivity contribution in [1.82, 2.24) is 4.90 Å². The zero-order valence-corrected chi connectivity index (χ0v) is 11.9. The lowest BCUT2D eigenvalue weighted by atomic mass is 10.1. The van der Waals surface area contributed by atoms with Gasteiger partial charge in [0.1, 0.15) is 5.56 Å². The molecule has 0 spiro atoms. The number of amides is 1. The normalized spacial score (nSPS) is 16.4. The van der Waals surface area contributed by atoms with E-state index >= 15 is 0 Å². The quantitative estimate of drug-likeness (QED) is 0.618. The summed E-state index contributed by atoms with van der Waals surface area (Å²) < 4.78 is 0. The molecule has 6 heteroatoms. The molecular formula is C14H17ClN2O3. The highest BCUT2D eigenvalue weighted by molar-refractivity contribution is 6.31. The number of nitrogens with zero attached hydrogens (tertiary/aromatic N) is 2. The molecular weight excluding hydrogens is 280 g/mol. The number of carbonyl (C=O) groups is 1. The Labute approximate surface area is 122 Å². The van der Waals surface area contributed by atoms with Crippen LogP contribution in [0.2, 0.25) is 5.02 Å². The molecule has 0 N–H and O–H groups in total. The number of nitro groups is 1. The molecule has 1 fully saturated rings. The minimum absolute atomic E-state index is 0.0862. The fraction of sp³-hybridized carbons (Fsp3) is 0.500. The van der Waals surface area contributed by atoms with Crippen molar-refractivity contribution in [2.45, 2.75) is 32.1 Å². The molecule has 1 aliphatic heterocycles. The zero-order chi connectivity index (χ0) is 14.5. The van der Waals surface area contributed by atoms with Crippen LogP contribution < -0.4 is 0 Å². The summed E-state index contributed by atoms with van der Waals surface area (Å²) >= 11 is 5.87. The number of nitro benzene ring substituents is 1. The van der Waals surface area contributed by atoms with E-state index in [0.29, 0.717) is 18.1 Å². The van der Waals surface area contributed by atoms with E-state index in [4.69, 9.17) is 11.6 Å². The van der Waals surface area contributed by atoms with E-state index in [1.165, 1.54) is 24.6 Å². The Hall–Kier alpha value is -1.62. The van der Waals surface area contributed by atoms with E-state index in [-0.39, 0.29) is 17.2 Å². The lowest BCUT2D eigenvalue weighted by molar-refractivity contribution is -0.385.